The summed E-state index contributed by atoms with van der Waals surface area (Å²) in [4.78, 5) is 4.71. The molecule has 0 N–H and O–H groups in total. The van der Waals surface area contributed by atoms with E-state index < -0.39 is 0 Å². The normalized spacial score (nSPS) is 11.3. The van der Waals surface area contributed by atoms with Crippen molar-refractivity contribution in [3.05, 3.63) is 64.6 Å². The van der Waals surface area contributed by atoms with Gasteiger partial charge in [-0.25, -0.2) is 4.98 Å². The summed E-state index contributed by atoms with van der Waals surface area (Å²) in [6.07, 6.45) is 0. The van der Waals surface area contributed by atoms with E-state index in [1.54, 1.807) is 11.3 Å². The van der Waals surface area contributed by atoms with Crippen LogP contribution in [-0.2, 0) is 0 Å². The van der Waals surface area contributed by atoms with Crippen molar-refractivity contribution >= 4 is 55.5 Å². The fraction of sp³-hybridized carbons (Fsp3) is 0. The van der Waals surface area contributed by atoms with Crippen LogP contribution in [0.4, 0.5) is 0 Å². The van der Waals surface area contributed by atoms with Crippen molar-refractivity contribution in [3.8, 4) is 10.6 Å². The molecule has 1 heterocycles. The van der Waals surface area contributed by atoms with E-state index in [-0.39, 0.29) is 0 Å². The van der Waals surface area contributed by atoms with Crippen LogP contribution in [0.25, 0.3) is 31.6 Å². The van der Waals surface area contributed by atoms with Gasteiger partial charge in [-0.2, -0.15) is 0 Å². The molecule has 1 nitrogen and oxygen atoms in total. The third kappa shape index (κ3) is 2.11. The average Bonchev–Trinajstić information content (AvgIpc) is 2.93. The first kappa shape index (κ1) is 13.1. The molecule has 0 radical (unpaired) electrons. The summed E-state index contributed by atoms with van der Waals surface area (Å²) in [5.41, 5.74) is 1.95. The molecule has 3 aromatic carbocycles. The zero-order valence-electron chi connectivity index (χ0n) is 10.8. The van der Waals surface area contributed by atoms with Crippen LogP contribution in [0.1, 0.15) is 0 Å². The predicted molar refractivity (Wildman–Crippen MR) is 92.6 cm³/mol. The molecule has 0 unspecified atom stereocenters. The molecule has 0 amide bonds. The van der Waals surface area contributed by atoms with Crippen LogP contribution in [0.2, 0.25) is 10.0 Å². The van der Waals surface area contributed by atoms with Crippen LogP contribution >= 0.6 is 34.5 Å². The van der Waals surface area contributed by atoms with Crippen molar-refractivity contribution in [2.45, 2.75) is 0 Å². The summed E-state index contributed by atoms with van der Waals surface area (Å²) in [7, 11) is 0. The molecule has 1 aromatic heterocycles. The molecule has 4 rings (SSSR count). The molecule has 0 spiro atoms. The zero-order chi connectivity index (χ0) is 14.4. The number of halogens is 2. The van der Waals surface area contributed by atoms with Crippen LogP contribution in [0.5, 0.6) is 0 Å². The van der Waals surface area contributed by atoms with Crippen molar-refractivity contribution in [2.24, 2.45) is 0 Å². The van der Waals surface area contributed by atoms with Gasteiger partial charge in [0.25, 0.3) is 0 Å². The van der Waals surface area contributed by atoms with Gasteiger partial charge < -0.3 is 0 Å². The standard InChI is InChI=1S/C17H9Cl2NS/c18-13-7-2-4-10-11(13)5-1-6-12(10)17-20-16-14(19)8-3-9-15(16)21-17/h1-9H. The van der Waals surface area contributed by atoms with Gasteiger partial charge in [-0.3, -0.25) is 0 Å². The van der Waals surface area contributed by atoms with Crippen molar-refractivity contribution < 1.29 is 0 Å². The van der Waals surface area contributed by atoms with Gasteiger partial charge >= 0.3 is 0 Å². The fourth-order valence-corrected chi connectivity index (χ4v) is 4.03. The predicted octanol–water partition coefficient (Wildman–Crippen LogP) is 6.42. The topological polar surface area (TPSA) is 12.9 Å². The number of hydrogen-bond donors (Lipinski definition) is 0. The smallest absolute Gasteiger partial charge is 0.125 e. The van der Waals surface area contributed by atoms with Crippen molar-refractivity contribution in [2.75, 3.05) is 0 Å². The van der Waals surface area contributed by atoms with Gasteiger partial charge in [-0.15, -0.1) is 11.3 Å². The minimum absolute atomic E-state index is 0.688. The first-order valence-corrected chi connectivity index (χ1v) is 8.04. The minimum atomic E-state index is 0.688. The Balaban J connectivity index is 2.05. The molecule has 0 aliphatic rings. The average molecular weight is 330 g/mol. The highest BCUT2D eigenvalue weighted by Gasteiger charge is 2.12. The molecule has 102 valence electrons. The summed E-state index contributed by atoms with van der Waals surface area (Å²) >= 11 is 14.2. The number of aromatic nitrogens is 1. The van der Waals surface area contributed by atoms with E-state index in [0.717, 1.165) is 36.6 Å². The molecular weight excluding hydrogens is 321 g/mol. The first-order valence-electron chi connectivity index (χ1n) is 6.47. The summed E-state index contributed by atoms with van der Waals surface area (Å²) < 4.78 is 1.09. The Hall–Kier alpha value is -1.61. The Morgan fingerprint density at radius 1 is 0.762 bits per heavy atom. The van der Waals surface area contributed by atoms with E-state index in [4.69, 9.17) is 28.2 Å². The van der Waals surface area contributed by atoms with Gasteiger partial charge in [-0.1, -0.05) is 59.6 Å². The van der Waals surface area contributed by atoms with Crippen LogP contribution in [0.3, 0.4) is 0 Å². The lowest BCUT2D eigenvalue weighted by Gasteiger charge is -2.04. The summed E-state index contributed by atoms with van der Waals surface area (Å²) in [6.45, 7) is 0. The first-order chi connectivity index (χ1) is 10.2. The zero-order valence-corrected chi connectivity index (χ0v) is 13.1. The van der Waals surface area contributed by atoms with Crippen molar-refractivity contribution in [1.82, 2.24) is 4.98 Å². The highest BCUT2D eigenvalue weighted by molar-refractivity contribution is 7.21. The number of thiazole rings is 1. The van der Waals surface area contributed by atoms with Crippen LogP contribution in [0, 0.1) is 0 Å². The van der Waals surface area contributed by atoms with Crippen LogP contribution in [0.15, 0.2) is 54.6 Å². The molecule has 4 heteroatoms. The maximum atomic E-state index is 6.28. The highest BCUT2D eigenvalue weighted by atomic mass is 35.5. The molecule has 0 fully saturated rings. The second-order valence-electron chi connectivity index (χ2n) is 4.75. The molecule has 0 saturated carbocycles. The van der Waals surface area contributed by atoms with Gasteiger partial charge in [0.05, 0.1) is 9.72 Å². The third-order valence-electron chi connectivity index (χ3n) is 3.47. The molecule has 0 atom stereocenters. The molecule has 0 bridgehead atoms. The molecule has 0 aliphatic heterocycles. The highest BCUT2D eigenvalue weighted by Crippen LogP contribution is 2.37. The monoisotopic (exact) mass is 329 g/mol. The fourth-order valence-electron chi connectivity index (χ4n) is 2.49. The number of fused-ring (bicyclic) bond motifs is 2. The number of hydrogen-bond acceptors (Lipinski definition) is 2. The van der Waals surface area contributed by atoms with Crippen LogP contribution < -0.4 is 0 Å². The number of benzene rings is 3. The summed E-state index contributed by atoms with van der Waals surface area (Å²) in [6, 6.07) is 17.9. The van der Waals surface area contributed by atoms with E-state index in [1.807, 2.05) is 42.5 Å². The molecule has 0 aliphatic carbocycles. The number of para-hydroxylation sites is 1. The van der Waals surface area contributed by atoms with E-state index >= 15 is 0 Å². The number of rotatable bonds is 1. The van der Waals surface area contributed by atoms with Gasteiger partial charge in [0.15, 0.2) is 0 Å². The maximum Gasteiger partial charge on any atom is 0.125 e. The maximum absolute atomic E-state index is 6.28. The summed E-state index contributed by atoms with van der Waals surface area (Å²) in [5, 5.41) is 4.56. The van der Waals surface area contributed by atoms with Crippen molar-refractivity contribution in [3.63, 3.8) is 0 Å². The second kappa shape index (κ2) is 4.99. The Kier molecular flexibility index (Phi) is 3.11. The van der Waals surface area contributed by atoms with Crippen molar-refractivity contribution in [1.29, 1.82) is 0 Å². The van der Waals surface area contributed by atoms with E-state index in [2.05, 4.69) is 12.1 Å². The lowest BCUT2D eigenvalue weighted by Crippen LogP contribution is -1.81. The molecule has 4 aromatic rings. The van der Waals surface area contributed by atoms with Gasteiger partial charge in [-0.05, 0) is 23.6 Å². The van der Waals surface area contributed by atoms with Gasteiger partial charge in [0.2, 0.25) is 0 Å². The lowest BCUT2D eigenvalue weighted by atomic mass is 10.1. The lowest BCUT2D eigenvalue weighted by molar-refractivity contribution is 1.49. The van der Waals surface area contributed by atoms with E-state index in [9.17, 15) is 0 Å². The van der Waals surface area contributed by atoms with E-state index in [1.165, 1.54) is 0 Å². The Labute approximate surface area is 135 Å². The van der Waals surface area contributed by atoms with E-state index in [0.29, 0.717) is 5.02 Å². The Bertz CT molecular complexity index is 975. The molecular formula is C17H9Cl2NS. The van der Waals surface area contributed by atoms with Gasteiger partial charge in [0, 0.05) is 16.0 Å². The number of nitrogens with zero attached hydrogens (tertiary/aromatic N) is 1. The molecule has 21 heavy (non-hydrogen) atoms. The second-order valence-corrected chi connectivity index (χ2v) is 6.59. The Morgan fingerprint density at radius 2 is 1.48 bits per heavy atom. The third-order valence-corrected chi connectivity index (χ3v) is 5.16. The molecule has 0 saturated heterocycles. The SMILES string of the molecule is Clc1cccc2c(-c3nc4c(Cl)cccc4s3)cccc12. The Morgan fingerprint density at radius 3 is 2.33 bits per heavy atom. The summed E-state index contributed by atoms with van der Waals surface area (Å²) in [5.74, 6) is 0. The quantitative estimate of drug-likeness (QED) is 0.392. The van der Waals surface area contributed by atoms with Crippen LogP contribution in [-0.4, -0.2) is 4.98 Å². The minimum Gasteiger partial charge on any atom is -0.234 e. The van der Waals surface area contributed by atoms with Gasteiger partial charge in [0.1, 0.15) is 10.5 Å². The largest absolute Gasteiger partial charge is 0.234 e.